The Hall–Kier alpha value is -2.61. The molecule has 144 valence electrons. The van der Waals surface area contributed by atoms with Gasteiger partial charge in [-0.15, -0.1) is 0 Å². The molecular weight excluding hydrogens is 375 g/mol. The number of hydrogen-bond acceptors (Lipinski definition) is 7. The molecule has 0 N–H and O–H groups in total. The first-order chi connectivity index (χ1) is 12.8. The third-order valence-corrected chi connectivity index (χ3v) is 5.03. The van der Waals surface area contributed by atoms with Crippen molar-refractivity contribution in [2.24, 2.45) is 0 Å². The van der Waals surface area contributed by atoms with E-state index in [0.717, 1.165) is 11.1 Å². The maximum Gasteiger partial charge on any atom is 0.327 e. The highest BCUT2D eigenvalue weighted by molar-refractivity contribution is 7.52. The monoisotopic (exact) mass is 394 g/mol. The third kappa shape index (κ3) is 6.90. The van der Waals surface area contributed by atoms with Gasteiger partial charge in [-0.3, -0.25) is 24.8 Å². The summed E-state index contributed by atoms with van der Waals surface area (Å²) in [4.78, 5) is 20.3. The van der Waals surface area contributed by atoms with Gasteiger partial charge in [-0.05, 0) is 24.0 Å². The maximum absolute atomic E-state index is 12.3. The van der Waals surface area contributed by atoms with Gasteiger partial charge in [-0.25, -0.2) is 0 Å². The molecular formula is C17H19N2O7P. The summed E-state index contributed by atoms with van der Waals surface area (Å²) in [5.41, 5.74) is 1.67. The zero-order valence-electron chi connectivity index (χ0n) is 14.6. The topological polar surface area (TPSA) is 122 Å². The Labute approximate surface area is 155 Å². The summed E-state index contributed by atoms with van der Waals surface area (Å²) in [7, 11) is -3.23. The summed E-state index contributed by atoms with van der Waals surface area (Å²) >= 11 is 0. The van der Waals surface area contributed by atoms with E-state index in [9.17, 15) is 24.8 Å². The number of nitro benzene ring substituents is 2. The molecule has 0 aliphatic rings. The molecule has 0 aromatic heterocycles. The van der Waals surface area contributed by atoms with Crippen LogP contribution in [-0.4, -0.2) is 29.7 Å². The highest BCUT2D eigenvalue weighted by atomic mass is 31.2. The lowest BCUT2D eigenvalue weighted by molar-refractivity contribution is -0.385. The molecule has 0 unspecified atom stereocenters. The molecule has 0 aliphatic carbocycles. The lowest BCUT2D eigenvalue weighted by atomic mass is 10.1. The molecule has 0 saturated heterocycles. The molecule has 0 amide bonds. The summed E-state index contributed by atoms with van der Waals surface area (Å²) in [6.45, 7) is 1.69. The molecule has 9 nitrogen and oxygen atoms in total. The van der Waals surface area contributed by atoms with E-state index >= 15 is 0 Å². The Balaban J connectivity index is 1.73. The second-order valence-electron chi connectivity index (χ2n) is 5.78. The van der Waals surface area contributed by atoms with Crippen LogP contribution in [0.5, 0.6) is 0 Å². The van der Waals surface area contributed by atoms with Crippen LogP contribution in [0.15, 0.2) is 48.5 Å². The van der Waals surface area contributed by atoms with Crippen molar-refractivity contribution in [2.75, 3.05) is 19.9 Å². The van der Waals surface area contributed by atoms with Crippen molar-refractivity contribution in [1.29, 1.82) is 0 Å². The van der Waals surface area contributed by atoms with Gasteiger partial charge < -0.3 is 9.05 Å². The van der Waals surface area contributed by atoms with Crippen LogP contribution < -0.4 is 0 Å². The second-order valence-corrected chi connectivity index (χ2v) is 7.84. The minimum atomic E-state index is -3.23. The molecule has 0 saturated carbocycles. The molecule has 0 atom stereocenters. The first kappa shape index (κ1) is 20.7. The fraction of sp³-hybridized carbons (Fsp3) is 0.294. The fourth-order valence-electron chi connectivity index (χ4n) is 2.26. The largest absolute Gasteiger partial charge is 0.327 e. The van der Waals surface area contributed by atoms with Crippen molar-refractivity contribution in [1.82, 2.24) is 0 Å². The SMILES string of the molecule is CP(=O)(OCCc1ccc([N+](=O)[O-])cc1)OCCc1ccc([N+](=O)[O-])cc1. The van der Waals surface area contributed by atoms with Crippen molar-refractivity contribution in [3.8, 4) is 0 Å². The van der Waals surface area contributed by atoms with Crippen LogP contribution >= 0.6 is 7.60 Å². The standard InChI is InChI=1S/C17H19N2O7P/c1-27(24,25-12-10-14-2-6-16(7-3-14)18(20)21)26-13-11-15-4-8-17(9-5-15)19(22)23/h2-9H,10-13H2,1H3. The average Bonchev–Trinajstić information content (AvgIpc) is 2.62. The Morgan fingerprint density at radius 1 is 0.778 bits per heavy atom. The smallest absolute Gasteiger partial charge is 0.308 e. The van der Waals surface area contributed by atoms with Crippen molar-refractivity contribution in [3.63, 3.8) is 0 Å². The lowest BCUT2D eigenvalue weighted by Gasteiger charge is -2.14. The van der Waals surface area contributed by atoms with Crippen LogP contribution in [0.25, 0.3) is 0 Å². The van der Waals surface area contributed by atoms with Crippen molar-refractivity contribution >= 4 is 19.0 Å². The number of nitrogens with zero attached hydrogens (tertiary/aromatic N) is 2. The van der Waals surface area contributed by atoms with Crippen LogP contribution in [0.1, 0.15) is 11.1 Å². The average molecular weight is 394 g/mol. The lowest BCUT2D eigenvalue weighted by Crippen LogP contribution is -2.02. The molecule has 0 heterocycles. The van der Waals surface area contributed by atoms with E-state index in [2.05, 4.69) is 0 Å². The van der Waals surface area contributed by atoms with Crippen molar-refractivity contribution in [3.05, 3.63) is 79.9 Å². The molecule has 2 aromatic rings. The zero-order valence-corrected chi connectivity index (χ0v) is 15.5. The van der Waals surface area contributed by atoms with Crippen molar-refractivity contribution < 1.29 is 23.5 Å². The van der Waals surface area contributed by atoms with E-state index in [4.69, 9.17) is 9.05 Å². The number of rotatable bonds is 10. The van der Waals surface area contributed by atoms with Crippen LogP contribution in [0.2, 0.25) is 0 Å². The normalized spacial score (nSPS) is 11.3. The second kappa shape index (κ2) is 9.36. The van der Waals surface area contributed by atoms with Gasteiger partial charge in [0, 0.05) is 30.9 Å². The van der Waals surface area contributed by atoms with Gasteiger partial charge in [-0.2, -0.15) is 0 Å². The van der Waals surface area contributed by atoms with E-state index < -0.39 is 17.4 Å². The predicted octanol–water partition coefficient (Wildman–Crippen LogP) is 4.14. The molecule has 0 bridgehead atoms. The van der Waals surface area contributed by atoms with Crippen LogP contribution in [0, 0.1) is 20.2 Å². The van der Waals surface area contributed by atoms with Crippen molar-refractivity contribution in [2.45, 2.75) is 12.8 Å². The Morgan fingerprint density at radius 3 is 1.41 bits per heavy atom. The van der Waals surface area contributed by atoms with Gasteiger partial charge in [0.05, 0.1) is 23.1 Å². The van der Waals surface area contributed by atoms with Gasteiger partial charge in [0.25, 0.3) is 11.4 Å². The Morgan fingerprint density at radius 2 is 1.11 bits per heavy atom. The number of nitro groups is 2. The highest BCUT2D eigenvalue weighted by Crippen LogP contribution is 2.43. The Kier molecular flexibility index (Phi) is 7.18. The summed E-state index contributed by atoms with van der Waals surface area (Å²) < 4.78 is 22.9. The Bertz CT molecular complexity index is 770. The predicted molar refractivity (Wildman–Crippen MR) is 99.0 cm³/mol. The van der Waals surface area contributed by atoms with E-state index in [1.165, 1.54) is 30.9 Å². The number of hydrogen-bond donors (Lipinski definition) is 0. The molecule has 0 fully saturated rings. The molecule has 2 rings (SSSR count). The summed E-state index contributed by atoms with van der Waals surface area (Å²) in [5.74, 6) is 0. The third-order valence-electron chi connectivity index (χ3n) is 3.73. The molecule has 10 heteroatoms. The van der Waals surface area contributed by atoms with Gasteiger partial charge >= 0.3 is 7.60 Å². The molecule has 0 spiro atoms. The number of non-ortho nitro benzene ring substituents is 2. The first-order valence-electron chi connectivity index (χ1n) is 8.10. The van der Waals surface area contributed by atoms with E-state index in [1.807, 2.05) is 0 Å². The fourth-order valence-corrected chi connectivity index (χ4v) is 3.18. The van der Waals surface area contributed by atoms with Gasteiger partial charge in [0.2, 0.25) is 0 Å². The summed E-state index contributed by atoms with van der Waals surface area (Å²) in [6, 6.07) is 12.1. The zero-order chi connectivity index (χ0) is 19.9. The summed E-state index contributed by atoms with van der Waals surface area (Å²) in [6.07, 6.45) is 0.892. The maximum atomic E-state index is 12.3. The molecule has 27 heavy (non-hydrogen) atoms. The minimum Gasteiger partial charge on any atom is -0.308 e. The first-order valence-corrected chi connectivity index (χ1v) is 10.1. The van der Waals surface area contributed by atoms with E-state index in [-0.39, 0.29) is 24.6 Å². The van der Waals surface area contributed by atoms with E-state index in [1.54, 1.807) is 24.3 Å². The minimum absolute atomic E-state index is 0.00964. The van der Waals surface area contributed by atoms with Crippen LogP contribution in [-0.2, 0) is 26.5 Å². The summed E-state index contributed by atoms with van der Waals surface area (Å²) in [5, 5.41) is 21.2. The number of benzene rings is 2. The van der Waals surface area contributed by atoms with Gasteiger partial charge in [0.15, 0.2) is 0 Å². The van der Waals surface area contributed by atoms with E-state index in [0.29, 0.717) is 12.8 Å². The highest BCUT2D eigenvalue weighted by Gasteiger charge is 2.17. The van der Waals surface area contributed by atoms with Gasteiger partial charge in [-0.1, -0.05) is 24.3 Å². The molecule has 0 aliphatic heterocycles. The molecule has 2 aromatic carbocycles. The molecule has 0 radical (unpaired) electrons. The van der Waals surface area contributed by atoms with Gasteiger partial charge in [0.1, 0.15) is 0 Å². The van der Waals surface area contributed by atoms with Crippen LogP contribution in [0.4, 0.5) is 11.4 Å². The van der Waals surface area contributed by atoms with Crippen LogP contribution in [0.3, 0.4) is 0 Å². The quantitative estimate of drug-likeness (QED) is 0.337.